The molecule has 1 N–H and O–H groups in total. The fourth-order valence-electron chi connectivity index (χ4n) is 2.91. The molecule has 2 rings (SSSR count). The molecule has 0 saturated heterocycles. The number of aryl methyl sites for hydroxylation is 1. The third-order valence-corrected chi connectivity index (χ3v) is 4.25. The molecule has 134 valence electrons. The monoisotopic (exact) mass is 346 g/mol. The minimum atomic E-state index is -0.707. The quantitative estimate of drug-likeness (QED) is 0.641. The maximum atomic E-state index is 13.0. The highest BCUT2D eigenvalue weighted by Crippen LogP contribution is 2.22. The second-order valence-corrected chi connectivity index (χ2v) is 5.73. The van der Waals surface area contributed by atoms with E-state index in [2.05, 4.69) is 4.98 Å². The number of nitrogens with one attached hydrogen (secondary N) is 1. The number of Topliss-reactive ketones (excluding diaryl/α,β-unsaturated/α-hetero) is 1. The fourth-order valence-corrected chi connectivity index (χ4v) is 2.91. The van der Waals surface area contributed by atoms with Crippen molar-refractivity contribution in [1.82, 2.24) is 9.88 Å². The first kappa shape index (κ1) is 18.5. The number of ether oxygens (including phenoxy) is 1. The van der Waals surface area contributed by atoms with E-state index in [1.807, 2.05) is 0 Å². The lowest BCUT2D eigenvalue weighted by molar-refractivity contribution is 0.0592. The van der Waals surface area contributed by atoms with E-state index in [-0.39, 0.29) is 23.1 Å². The number of esters is 1. The molecule has 2 heterocycles. The molecular weight excluding hydrogens is 324 g/mol. The fraction of sp³-hybridized carbons (Fsp3) is 0.389. The number of hydrogen-bond donors (Lipinski definition) is 1. The highest BCUT2D eigenvalue weighted by molar-refractivity contribution is 6.07. The molecule has 0 bridgehead atoms. The van der Waals surface area contributed by atoms with E-state index in [4.69, 9.17) is 9.15 Å². The molecule has 7 nitrogen and oxygen atoms in total. The van der Waals surface area contributed by atoms with Crippen LogP contribution >= 0.6 is 0 Å². The van der Waals surface area contributed by atoms with Gasteiger partial charge in [-0.1, -0.05) is 0 Å². The van der Waals surface area contributed by atoms with Crippen LogP contribution < -0.4 is 0 Å². The molecular formula is C18H22N2O5. The van der Waals surface area contributed by atoms with Gasteiger partial charge in [0.25, 0.3) is 5.91 Å². The van der Waals surface area contributed by atoms with E-state index in [9.17, 15) is 14.4 Å². The number of ketones is 1. The molecule has 0 unspecified atom stereocenters. The summed E-state index contributed by atoms with van der Waals surface area (Å²) in [5.41, 5.74) is 1.73. The third kappa shape index (κ3) is 3.35. The summed E-state index contributed by atoms with van der Waals surface area (Å²) in [6.07, 6.45) is 1.41. The van der Waals surface area contributed by atoms with Gasteiger partial charge < -0.3 is 19.0 Å². The Bertz CT molecular complexity index is 789. The maximum Gasteiger partial charge on any atom is 0.354 e. The summed E-state index contributed by atoms with van der Waals surface area (Å²) >= 11 is 0. The lowest BCUT2D eigenvalue weighted by Crippen LogP contribution is -2.43. The molecule has 0 radical (unpaired) electrons. The molecule has 2 aromatic rings. The van der Waals surface area contributed by atoms with Crippen molar-refractivity contribution in [3.8, 4) is 0 Å². The predicted molar refractivity (Wildman–Crippen MR) is 90.8 cm³/mol. The number of H-pyrrole nitrogens is 1. The largest absolute Gasteiger partial charge is 0.464 e. The number of rotatable bonds is 6. The molecule has 0 saturated carbocycles. The number of nitrogens with zero attached hydrogens (tertiary/aromatic N) is 1. The number of hydrogen-bond acceptors (Lipinski definition) is 5. The molecule has 1 amide bonds. The van der Waals surface area contributed by atoms with Crippen molar-refractivity contribution in [1.29, 1.82) is 0 Å². The summed E-state index contributed by atoms with van der Waals surface area (Å²) in [4.78, 5) is 41.7. The van der Waals surface area contributed by atoms with E-state index in [1.54, 1.807) is 39.8 Å². The number of likely N-dealkylation sites (N-methyl/N-ethyl adjacent to an activating group) is 1. The van der Waals surface area contributed by atoms with E-state index in [0.717, 1.165) is 0 Å². The Morgan fingerprint density at radius 2 is 2.00 bits per heavy atom. The topological polar surface area (TPSA) is 92.6 Å². The molecule has 0 aromatic carbocycles. The third-order valence-electron chi connectivity index (χ3n) is 4.25. The summed E-state index contributed by atoms with van der Waals surface area (Å²) in [5.74, 6) is -0.957. The smallest absolute Gasteiger partial charge is 0.354 e. The number of methoxy groups -OCH3 is 1. The Kier molecular flexibility index (Phi) is 5.46. The van der Waals surface area contributed by atoms with Crippen LogP contribution in [0.5, 0.6) is 0 Å². The first-order valence-electron chi connectivity index (χ1n) is 7.99. The Labute approximate surface area is 145 Å². The summed E-state index contributed by atoms with van der Waals surface area (Å²) in [6, 6.07) is 2.47. The van der Waals surface area contributed by atoms with Crippen molar-refractivity contribution in [2.75, 3.05) is 13.7 Å². The number of carbonyl (C=O) groups excluding carboxylic acids is 3. The standard InChI is InChI=1S/C18H22N2O5/c1-6-20(17(22)13-8-7-9-25-13)12(4)16(21)14-10(2)15(18(23)24-5)19-11(14)3/h7-9,12,19H,6H2,1-5H3/t12-/m0/s1. The molecule has 0 fully saturated rings. The van der Waals surface area contributed by atoms with Gasteiger partial charge in [0.1, 0.15) is 5.69 Å². The second-order valence-electron chi connectivity index (χ2n) is 5.73. The van der Waals surface area contributed by atoms with Gasteiger partial charge in [-0.05, 0) is 45.4 Å². The van der Waals surface area contributed by atoms with Crippen molar-refractivity contribution < 1.29 is 23.5 Å². The van der Waals surface area contributed by atoms with Crippen molar-refractivity contribution in [2.24, 2.45) is 0 Å². The van der Waals surface area contributed by atoms with Crippen LogP contribution in [0.15, 0.2) is 22.8 Å². The molecule has 0 aliphatic heterocycles. The zero-order valence-corrected chi connectivity index (χ0v) is 15.0. The minimum absolute atomic E-state index is 0.180. The zero-order valence-electron chi connectivity index (χ0n) is 15.0. The lowest BCUT2D eigenvalue weighted by atomic mass is 9.99. The Morgan fingerprint density at radius 3 is 2.52 bits per heavy atom. The van der Waals surface area contributed by atoms with E-state index in [1.165, 1.54) is 18.3 Å². The number of aromatic amines is 1. The Morgan fingerprint density at radius 1 is 1.32 bits per heavy atom. The van der Waals surface area contributed by atoms with E-state index in [0.29, 0.717) is 23.4 Å². The van der Waals surface area contributed by atoms with Crippen LogP contribution in [-0.2, 0) is 4.74 Å². The van der Waals surface area contributed by atoms with Crippen LogP contribution in [0.2, 0.25) is 0 Å². The Balaban J connectivity index is 2.34. The molecule has 7 heteroatoms. The summed E-state index contributed by atoms with van der Waals surface area (Å²) < 4.78 is 9.86. The zero-order chi connectivity index (χ0) is 18.7. The number of amides is 1. The second kappa shape index (κ2) is 7.38. The van der Waals surface area contributed by atoms with Gasteiger partial charge in [-0.3, -0.25) is 9.59 Å². The van der Waals surface area contributed by atoms with Gasteiger partial charge in [-0.2, -0.15) is 0 Å². The molecule has 25 heavy (non-hydrogen) atoms. The van der Waals surface area contributed by atoms with Crippen LogP contribution in [0.3, 0.4) is 0 Å². The molecule has 1 atom stereocenters. The first-order valence-corrected chi connectivity index (χ1v) is 7.99. The van der Waals surface area contributed by atoms with E-state index < -0.39 is 12.0 Å². The average molecular weight is 346 g/mol. The van der Waals surface area contributed by atoms with Crippen molar-refractivity contribution in [2.45, 2.75) is 33.7 Å². The molecule has 0 aliphatic rings. The highest BCUT2D eigenvalue weighted by atomic mass is 16.5. The minimum Gasteiger partial charge on any atom is -0.464 e. The van der Waals surface area contributed by atoms with Gasteiger partial charge >= 0.3 is 5.97 Å². The molecule has 0 spiro atoms. The predicted octanol–water partition coefficient (Wildman–Crippen LogP) is 2.74. The summed E-state index contributed by atoms with van der Waals surface area (Å²) in [6.45, 7) is 7.20. The van der Waals surface area contributed by atoms with Gasteiger partial charge in [0.2, 0.25) is 0 Å². The lowest BCUT2D eigenvalue weighted by Gasteiger charge is -2.26. The normalized spacial score (nSPS) is 11.9. The highest BCUT2D eigenvalue weighted by Gasteiger charge is 2.31. The number of aromatic nitrogens is 1. The van der Waals surface area contributed by atoms with Crippen LogP contribution in [0.25, 0.3) is 0 Å². The SMILES string of the molecule is CCN(C(=O)c1ccco1)[C@@H](C)C(=O)c1c(C)[nH]c(C(=O)OC)c1C. The average Bonchev–Trinajstić information content (AvgIpc) is 3.22. The number of furan rings is 1. The van der Waals surface area contributed by atoms with Crippen LogP contribution in [0.1, 0.15) is 56.5 Å². The van der Waals surface area contributed by atoms with Crippen molar-refractivity contribution >= 4 is 17.7 Å². The summed E-state index contributed by atoms with van der Waals surface area (Å²) in [7, 11) is 1.28. The molecule has 0 aliphatic carbocycles. The first-order chi connectivity index (χ1) is 11.8. The van der Waals surface area contributed by atoms with Crippen LogP contribution in [-0.4, -0.2) is 47.2 Å². The van der Waals surface area contributed by atoms with Crippen LogP contribution in [0.4, 0.5) is 0 Å². The van der Waals surface area contributed by atoms with Crippen LogP contribution in [0, 0.1) is 13.8 Å². The van der Waals surface area contributed by atoms with Gasteiger partial charge in [-0.15, -0.1) is 0 Å². The molecule has 2 aromatic heterocycles. The van der Waals surface area contributed by atoms with E-state index >= 15 is 0 Å². The van der Waals surface area contributed by atoms with Crippen molar-refractivity contribution in [3.05, 3.63) is 46.7 Å². The Hall–Kier alpha value is -2.83. The number of carbonyl (C=O) groups is 3. The van der Waals surface area contributed by atoms with Gasteiger partial charge in [0.15, 0.2) is 11.5 Å². The van der Waals surface area contributed by atoms with Crippen molar-refractivity contribution in [3.63, 3.8) is 0 Å². The maximum absolute atomic E-state index is 13.0. The summed E-state index contributed by atoms with van der Waals surface area (Å²) in [5, 5.41) is 0. The van der Waals surface area contributed by atoms with Gasteiger partial charge in [0.05, 0.1) is 19.4 Å². The van der Waals surface area contributed by atoms with Gasteiger partial charge in [-0.25, -0.2) is 4.79 Å². The van der Waals surface area contributed by atoms with Gasteiger partial charge in [0, 0.05) is 17.8 Å².